The largest absolute Gasteiger partial charge is 0.380 e. The molecule has 0 fully saturated rings. The predicted octanol–water partition coefficient (Wildman–Crippen LogP) is 2.80. The van der Waals surface area contributed by atoms with E-state index in [2.05, 4.69) is 24.5 Å². The minimum Gasteiger partial charge on any atom is -0.380 e. The Labute approximate surface area is 118 Å². The van der Waals surface area contributed by atoms with Gasteiger partial charge in [-0.15, -0.1) is 0 Å². The summed E-state index contributed by atoms with van der Waals surface area (Å²) >= 11 is 0. The summed E-state index contributed by atoms with van der Waals surface area (Å²) in [4.78, 5) is 22.4. The number of benzene rings is 1. The Balaban J connectivity index is 2.82. The standard InChI is InChI=1S/C14H21N3O3/c1-4-15-12-9-11(5-6-13(12)17(19)20)14(18)16-8-7-10(2)3/h5-6,9-10,15H,4,7-8H2,1-3H3,(H,16,18). The lowest BCUT2D eigenvalue weighted by atomic mass is 10.1. The van der Waals surface area contributed by atoms with E-state index in [0.717, 1.165) is 6.42 Å². The second kappa shape index (κ2) is 7.47. The molecule has 6 heteroatoms. The quantitative estimate of drug-likeness (QED) is 0.593. The topological polar surface area (TPSA) is 84.3 Å². The number of carbonyl (C=O) groups excluding carboxylic acids is 1. The Morgan fingerprint density at radius 2 is 2.10 bits per heavy atom. The van der Waals surface area contributed by atoms with Gasteiger partial charge < -0.3 is 10.6 Å². The number of rotatable bonds is 7. The Kier molecular flexibility index (Phi) is 5.96. The summed E-state index contributed by atoms with van der Waals surface area (Å²) in [7, 11) is 0. The minimum absolute atomic E-state index is 0.0226. The van der Waals surface area contributed by atoms with E-state index in [4.69, 9.17) is 0 Å². The number of anilines is 1. The smallest absolute Gasteiger partial charge is 0.292 e. The van der Waals surface area contributed by atoms with Crippen LogP contribution in [0.15, 0.2) is 18.2 Å². The van der Waals surface area contributed by atoms with Crippen molar-refractivity contribution in [3.05, 3.63) is 33.9 Å². The van der Waals surface area contributed by atoms with Gasteiger partial charge in [-0.05, 0) is 31.4 Å². The van der Waals surface area contributed by atoms with Gasteiger partial charge in [0.15, 0.2) is 0 Å². The Bertz CT molecular complexity index is 487. The van der Waals surface area contributed by atoms with E-state index < -0.39 is 4.92 Å². The third-order valence-corrected chi connectivity index (χ3v) is 2.83. The van der Waals surface area contributed by atoms with Gasteiger partial charge in [0.05, 0.1) is 4.92 Å². The normalized spacial score (nSPS) is 10.4. The molecule has 0 bridgehead atoms. The van der Waals surface area contributed by atoms with Gasteiger partial charge in [-0.3, -0.25) is 14.9 Å². The van der Waals surface area contributed by atoms with Gasteiger partial charge in [0.2, 0.25) is 0 Å². The van der Waals surface area contributed by atoms with Crippen molar-refractivity contribution in [2.75, 3.05) is 18.4 Å². The molecule has 110 valence electrons. The van der Waals surface area contributed by atoms with E-state index in [1.54, 1.807) is 0 Å². The monoisotopic (exact) mass is 279 g/mol. The molecule has 0 spiro atoms. The van der Waals surface area contributed by atoms with Gasteiger partial charge in [-0.2, -0.15) is 0 Å². The van der Waals surface area contributed by atoms with Crippen LogP contribution in [0, 0.1) is 16.0 Å². The van der Waals surface area contributed by atoms with Gasteiger partial charge in [0.1, 0.15) is 5.69 Å². The molecule has 2 N–H and O–H groups in total. The molecule has 0 unspecified atom stereocenters. The molecule has 0 aromatic heterocycles. The summed E-state index contributed by atoms with van der Waals surface area (Å²) in [6.45, 7) is 7.17. The summed E-state index contributed by atoms with van der Waals surface area (Å²) in [6, 6.07) is 4.35. The first-order valence-corrected chi connectivity index (χ1v) is 6.76. The number of hydrogen-bond donors (Lipinski definition) is 2. The van der Waals surface area contributed by atoms with Crippen molar-refractivity contribution in [2.24, 2.45) is 5.92 Å². The first-order valence-electron chi connectivity index (χ1n) is 6.76. The van der Waals surface area contributed by atoms with Crippen molar-refractivity contribution in [1.82, 2.24) is 5.32 Å². The number of amides is 1. The van der Waals surface area contributed by atoms with Gasteiger partial charge in [-0.1, -0.05) is 13.8 Å². The van der Waals surface area contributed by atoms with Crippen LogP contribution >= 0.6 is 0 Å². The highest BCUT2D eigenvalue weighted by Gasteiger charge is 2.16. The van der Waals surface area contributed by atoms with Gasteiger partial charge in [-0.25, -0.2) is 0 Å². The molecule has 6 nitrogen and oxygen atoms in total. The Hall–Kier alpha value is -2.11. The number of nitro groups is 1. The molecule has 0 saturated carbocycles. The van der Waals surface area contributed by atoms with Crippen LogP contribution in [0.3, 0.4) is 0 Å². The molecular formula is C14H21N3O3. The number of nitro benzene ring substituents is 1. The van der Waals surface area contributed by atoms with Crippen molar-refractivity contribution < 1.29 is 9.72 Å². The fraction of sp³-hybridized carbons (Fsp3) is 0.500. The van der Waals surface area contributed by atoms with E-state index in [0.29, 0.717) is 30.3 Å². The number of hydrogen-bond acceptors (Lipinski definition) is 4. The van der Waals surface area contributed by atoms with Crippen LogP contribution in [-0.2, 0) is 0 Å². The third kappa shape index (κ3) is 4.53. The van der Waals surface area contributed by atoms with Crippen LogP contribution in [0.2, 0.25) is 0 Å². The van der Waals surface area contributed by atoms with Gasteiger partial charge >= 0.3 is 0 Å². The van der Waals surface area contributed by atoms with E-state index in [-0.39, 0.29) is 11.6 Å². The number of carbonyl (C=O) groups is 1. The van der Waals surface area contributed by atoms with E-state index >= 15 is 0 Å². The van der Waals surface area contributed by atoms with Crippen LogP contribution in [0.25, 0.3) is 0 Å². The van der Waals surface area contributed by atoms with E-state index in [9.17, 15) is 14.9 Å². The lowest BCUT2D eigenvalue weighted by Gasteiger charge is -2.09. The first-order chi connectivity index (χ1) is 9.45. The van der Waals surface area contributed by atoms with Crippen LogP contribution in [-0.4, -0.2) is 23.9 Å². The zero-order chi connectivity index (χ0) is 15.1. The molecule has 0 radical (unpaired) electrons. The first kappa shape index (κ1) is 15.9. The lowest BCUT2D eigenvalue weighted by Crippen LogP contribution is -2.25. The predicted molar refractivity (Wildman–Crippen MR) is 79.0 cm³/mol. The molecule has 0 aliphatic heterocycles. The van der Waals surface area contributed by atoms with Crippen molar-refractivity contribution in [2.45, 2.75) is 27.2 Å². The summed E-state index contributed by atoms with van der Waals surface area (Å²) < 4.78 is 0. The SMILES string of the molecule is CCNc1cc(C(=O)NCCC(C)C)ccc1[N+](=O)[O-]. The van der Waals surface area contributed by atoms with Crippen LogP contribution in [0.5, 0.6) is 0 Å². The van der Waals surface area contributed by atoms with E-state index in [1.807, 2.05) is 6.92 Å². The maximum absolute atomic E-state index is 12.0. The summed E-state index contributed by atoms with van der Waals surface area (Å²) in [5.74, 6) is 0.309. The van der Waals surface area contributed by atoms with Gasteiger partial charge in [0, 0.05) is 24.7 Å². The fourth-order valence-corrected chi connectivity index (χ4v) is 1.74. The molecule has 20 heavy (non-hydrogen) atoms. The van der Waals surface area contributed by atoms with Crippen molar-refractivity contribution in [1.29, 1.82) is 0 Å². The van der Waals surface area contributed by atoms with Crippen LogP contribution in [0.1, 0.15) is 37.6 Å². The molecule has 1 rings (SSSR count). The maximum atomic E-state index is 12.0. The second-order valence-corrected chi connectivity index (χ2v) is 4.96. The number of nitrogens with zero attached hydrogens (tertiary/aromatic N) is 1. The average Bonchev–Trinajstić information content (AvgIpc) is 2.38. The van der Waals surface area contributed by atoms with E-state index in [1.165, 1.54) is 18.2 Å². The molecule has 1 aromatic carbocycles. The highest BCUT2D eigenvalue weighted by Crippen LogP contribution is 2.25. The molecule has 1 aromatic rings. The molecule has 0 aliphatic carbocycles. The third-order valence-electron chi connectivity index (χ3n) is 2.83. The molecule has 0 heterocycles. The highest BCUT2D eigenvalue weighted by atomic mass is 16.6. The van der Waals surface area contributed by atoms with Crippen LogP contribution < -0.4 is 10.6 Å². The fourth-order valence-electron chi connectivity index (χ4n) is 1.74. The summed E-state index contributed by atoms with van der Waals surface area (Å²) in [6.07, 6.45) is 0.902. The summed E-state index contributed by atoms with van der Waals surface area (Å²) in [5, 5.41) is 16.6. The maximum Gasteiger partial charge on any atom is 0.292 e. The Morgan fingerprint density at radius 1 is 1.40 bits per heavy atom. The summed E-state index contributed by atoms with van der Waals surface area (Å²) in [5.41, 5.74) is 0.773. The molecule has 0 saturated heterocycles. The number of nitrogens with one attached hydrogen (secondary N) is 2. The molecular weight excluding hydrogens is 258 g/mol. The second-order valence-electron chi connectivity index (χ2n) is 4.96. The zero-order valence-corrected chi connectivity index (χ0v) is 12.1. The average molecular weight is 279 g/mol. The Morgan fingerprint density at radius 3 is 2.65 bits per heavy atom. The van der Waals surface area contributed by atoms with Crippen molar-refractivity contribution in [3.8, 4) is 0 Å². The van der Waals surface area contributed by atoms with Gasteiger partial charge in [0.25, 0.3) is 11.6 Å². The molecule has 0 atom stereocenters. The molecule has 0 aliphatic rings. The van der Waals surface area contributed by atoms with Crippen LogP contribution in [0.4, 0.5) is 11.4 Å². The lowest BCUT2D eigenvalue weighted by molar-refractivity contribution is -0.384. The highest BCUT2D eigenvalue weighted by molar-refractivity contribution is 5.95. The zero-order valence-electron chi connectivity index (χ0n) is 12.1. The minimum atomic E-state index is -0.460. The molecule has 1 amide bonds. The van der Waals surface area contributed by atoms with Crippen molar-refractivity contribution in [3.63, 3.8) is 0 Å². The van der Waals surface area contributed by atoms with Crippen molar-refractivity contribution >= 4 is 17.3 Å².